The van der Waals surface area contributed by atoms with Gasteiger partial charge >= 0.3 is 18.1 Å². The van der Waals surface area contributed by atoms with E-state index >= 15 is 0 Å². The summed E-state index contributed by atoms with van der Waals surface area (Å²) in [6.07, 6.45) is -1.09. The van der Waals surface area contributed by atoms with E-state index < -0.39 is 23.0 Å². The van der Waals surface area contributed by atoms with Crippen LogP contribution in [0.4, 0.5) is 18.9 Å². The Morgan fingerprint density at radius 1 is 1.23 bits per heavy atom. The minimum absolute atomic E-state index is 0.0629. The number of fused-ring (bicyclic) bond motifs is 1. The van der Waals surface area contributed by atoms with Crippen molar-refractivity contribution in [1.29, 1.82) is 0 Å². The van der Waals surface area contributed by atoms with Crippen molar-refractivity contribution in [2.45, 2.75) is 44.8 Å². The van der Waals surface area contributed by atoms with Crippen molar-refractivity contribution in [2.75, 3.05) is 13.2 Å². The van der Waals surface area contributed by atoms with Crippen LogP contribution in [0.2, 0.25) is 0 Å². The van der Waals surface area contributed by atoms with Crippen LogP contribution in [-0.4, -0.2) is 46.0 Å². The van der Waals surface area contributed by atoms with Gasteiger partial charge in [-0.2, -0.15) is 18.3 Å². The number of nitrogens with zero attached hydrogens (tertiary/aromatic N) is 3. The molecule has 1 saturated carbocycles. The maximum absolute atomic E-state index is 12.2. The van der Waals surface area contributed by atoms with Gasteiger partial charge in [0, 0.05) is 17.6 Å². The van der Waals surface area contributed by atoms with E-state index in [9.17, 15) is 32.9 Å². The van der Waals surface area contributed by atoms with Gasteiger partial charge in [0.1, 0.15) is 5.56 Å². The summed E-state index contributed by atoms with van der Waals surface area (Å²) >= 11 is 0. The van der Waals surface area contributed by atoms with Crippen LogP contribution in [0.3, 0.4) is 0 Å². The Morgan fingerprint density at radius 3 is 2.48 bits per heavy atom. The summed E-state index contributed by atoms with van der Waals surface area (Å²) in [5.41, 5.74) is -0.157. The van der Waals surface area contributed by atoms with Gasteiger partial charge in [0.05, 0.1) is 29.7 Å². The average molecular weight is 443 g/mol. The van der Waals surface area contributed by atoms with Crippen molar-refractivity contribution in [1.82, 2.24) is 9.78 Å². The van der Waals surface area contributed by atoms with Crippen molar-refractivity contribution >= 4 is 28.5 Å². The van der Waals surface area contributed by atoms with Crippen LogP contribution in [0.25, 0.3) is 10.9 Å². The fraction of sp³-hybridized carbons (Fsp3) is 0.526. The number of carbonyl (C=O) groups excluding carboxylic acids is 2. The van der Waals surface area contributed by atoms with Crippen LogP contribution in [-0.2, 0) is 14.3 Å². The average Bonchev–Trinajstić information content (AvgIpc) is 3.14. The zero-order valence-corrected chi connectivity index (χ0v) is 16.6. The maximum atomic E-state index is 12.2. The molecule has 1 aromatic carbocycles. The Labute approximate surface area is 174 Å². The Morgan fingerprint density at radius 2 is 1.90 bits per heavy atom. The van der Waals surface area contributed by atoms with E-state index in [0.29, 0.717) is 36.6 Å². The summed E-state index contributed by atoms with van der Waals surface area (Å²) in [4.78, 5) is 33.6. The summed E-state index contributed by atoms with van der Waals surface area (Å²) in [5.74, 6) is -3.17. The zero-order valence-electron chi connectivity index (χ0n) is 16.6. The van der Waals surface area contributed by atoms with Crippen molar-refractivity contribution in [2.24, 2.45) is 5.92 Å². The van der Waals surface area contributed by atoms with Gasteiger partial charge in [0.2, 0.25) is 0 Å². The summed E-state index contributed by atoms with van der Waals surface area (Å²) in [7, 11) is 0. The minimum atomic E-state index is -5.00. The zero-order chi connectivity index (χ0) is 22.8. The molecule has 9 nitrogen and oxygen atoms in total. The van der Waals surface area contributed by atoms with E-state index in [0.717, 1.165) is 0 Å². The summed E-state index contributed by atoms with van der Waals surface area (Å²) in [5, 5.41) is 16.3. The van der Waals surface area contributed by atoms with Gasteiger partial charge in [-0.25, -0.2) is 9.59 Å². The highest BCUT2D eigenvalue weighted by molar-refractivity contribution is 5.99. The Bertz CT molecular complexity index is 996. The molecule has 0 N–H and O–H groups in total. The molecular formula is C19H20F3N3O6. The predicted octanol–water partition coefficient (Wildman–Crippen LogP) is 3.96. The molecule has 168 valence electrons. The summed E-state index contributed by atoms with van der Waals surface area (Å²) in [6.45, 7) is 1.38. The second-order valence-corrected chi connectivity index (χ2v) is 7.29. The Kier molecular flexibility index (Phi) is 6.46. The number of nitro benzene ring substituents is 1. The predicted molar refractivity (Wildman–Crippen MR) is 100 cm³/mol. The number of rotatable bonds is 6. The van der Waals surface area contributed by atoms with Gasteiger partial charge < -0.3 is 9.47 Å². The second kappa shape index (κ2) is 8.90. The third kappa shape index (κ3) is 5.12. The molecule has 1 aliphatic carbocycles. The minimum Gasteiger partial charge on any atom is -0.462 e. The first-order valence-corrected chi connectivity index (χ1v) is 9.68. The van der Waals surface area contributed by atoms with E-state index in [1.807, 2.05) is 0 Å². The van der Waals surface area contributed by atoms with Crippen molar-refractivity contribution in [3.8, 4) is 0 Å². The number of esters is 2. The number of nitro groups is 1. The quantitative estimate of drug-likeness (QED) is 0.377. The van der Waals surface area contributed by atoms with E-state index in [2.05, 4.69) is 9.84 Å². The maximum Gasteiger partial charge on any atom is 0.490 e. The molecule has 0 amide bonds. The number of hydrogen-bond acceptors (Lipinski definition) is 7. The largest absolute Gasteiger partial charge is 0.490 e. The van der Waals surface area contributed by atoms with E-state index in [1.54, 1.807) is 17.8 Å². The highest BCUT2D eigenvalue weighted by Crippen LogP contribution is 2.34. The molecule has 0 unspecified atom stereocenters. The van der Waals surface area contributed by atoms with Crippen LogP contribution < -0.4 is 0 Å². The van der Waals surface area contributed by atoms with Gasteiger partial charge in [0.15, 0.2) is 0 Å². The van der Waals surface area contributed by atoms with Crippen molar-refractivity contribution in [3.05, 3.63) is 34.0 Å². The first-order chi connectivity index (χ1) is 14.6. The lowest BCUT2D eigenvalue weighted by Crippen LogP contribution is -2.29. The van der Waals surface area contributed by atoms with E-state index in [-0.39, 0.29) is 36.4 Å². The standard InChI is InChI=1S/C19H20F3N3O6/c1-2-30-17(26)14-8-15-12(7-16(14)25(28)29)9-24(23-15)13-5-3-11(4-6-13)10-31-18(27)19(20,21)22/h7-9,11,13H,2-6,10H2,1H3/t11-,13-. The molecule has 0 radical (unpaired) electrons. The molecule has 0 aliphatic heterocycles. The Hall–Kier alpha value is -3.18. The van der Waals surface area contributed by atoms with Gasteiger partial charge in [-0.05, 0) is 44.6 Å². The number of carbonyl (C=O) groups is 2. The third-order valence-corrected chi connectivity index (χ3v) is 5.20. The number of alkyl halides is 3. The highest BCUT2D eigenvalue weighted by Gasteiger charge is 2.41. The topological polar surface area (TPSA) is 114 Å². The summed E-state index contributed by atoms with van der Waals surface area (Å²) < 4.78 is 47.6. The van der Waals surface area contributed by atoms with Crippen LogP contribution >= 0.6 is 0 Å². The lowest BCUT2D eigenvalue weighted by molar-refractivity contribution is -0.385. The van der Waals surface area contributed by atoms with Crippen LogP contribution in [0.5, 0.6) is 0 Å². The normalized spacial score (nSPS) is 19.2. The molecule has 0 saturated heterocycles. The van der Waals surface area contributed by atoms with Crippen molar-refractivity contribution in [3.63, 3.8) is 0 Å². The summed E-state index contributed by atoms with van der Waals surface area (Å²) in [6, 6.07) is 2.53. The molecule has 12 heteroatoms. The molecule has 1 aliphatic rings. The molecule has 31 heavy (non-hydrogen) atoms. The molecule has 1 aromatic heterocycles. The SMILES string of the molecule is CCOC(=O)c1cc2nn([C@H]3CC[C@H](COC(=O)C(F)(F)F)CC3)cc2cc1[N+](=O)[O-]. The highest BCUT2D eigenvalue weighted by atomic mass is 19.4. The fourth-order valence-electron chi connectivity index (χ4n) is 3.64. The lowest BCUT2D eigenvalue weighted by Gasteiger charge is -2.28. The van der Waals surface area contributed by atoms with Gasteiger partial charge in [-0.3, -0.25) is 14.8 Å². The molecule has 2 aromatic rings. The molecule has 0 spiro atoms. The smallest absolute Gasteiger partial charge is 0.462 e. The first kappa shape index (κ1) is 22.5. The first-order valence-electron chi connectivity index (χ1n) is 9.68. The molecule has 1 fully saturated rings. The van der Waals surface area contributed by atoms with Crippen LogP contribution in [0.15, 0.2) is 18.3 Å². The Balaban J connectivity index is 1.71. The number of hydrogen-bond donors (Lipinski definition) is 0. The number of halogens is 3. The fourth-order valence-corrected chi connectivity index (χ4v) is 3.64. The second-order valence-electron chi connectivity index (χ2n) is 7.29. The molecular weight excluding hydrogens is 423 g/mol. The van der Waals surface area contributed by atoms with Gasteiger partial charge in [0.25, 0.3) is 5.69 Å². The van der Waals surface area contributed by atoms with E-state index in [1.165, 1.54) is 12.1 Å². The van der Waals surface area contributed by atoms with Crippen LogP contribution in [0.1, 0.15) is 49.0 Å². The van der Waals surface area contributed by atoms with Crippen LogP contribution in [0, 0.1) is 16.0 Å². The molecule has 3 rings (SSSR count). The number of benzene rings is 1. The molecule has 1 heterocycles. The monoisotopic (exact) mass is 443 g/mol. The van der Waals surface area contributed by atoms with E-state index in [4.69, 9.17) is 4.74 Å². The van der Waals surface area contributed by atoms with Gasteiger partial charge in [-0.15, -0.1) is 0 Å². The number of ether oxygens (including phenoxy) is 2. The van der Waals surface area contributed by atoms with Crippen molar-refractivity contribution < 1.29 is 37.2 Å². The molecule has 0 bridgehead atoms. The third-order valence-electron chi connectivity index (χ3n) is 5.20. The molecule has 0 atom stereocenters. The number of aromatic nitrogens is 2. The lowest BCUT2D eigenvalue weighted by atomic mass is 9.86. The van der Waals surface area contributed by atoms with Gasteiger partial charge in [-0.1, -0.05) is 0 Å².